The van der Waals surface area contributed by atoms with Crippen LogP contribution in [-0.4, -0.2) is 35.7 Å². The fourth-order valence-corrected chi connectivity index (χ4v) is 1.49. The van der Waals surface area contributed by atoms with Crippen molar-refractivity contribution in [3.8, 4) is 5.88 Å². The molecule has 6 nitrogen and oxygen atoms in total. The van der Waals surface area contributed by atoms with Crippen molar-refractivity contribution >= 4 is 11.8 Å². The molecule has 1 aromatic heterocycles. The zero-order valence-electron chi connectivity index (χ0n) is 11.8. The van der Waals surface area contributed by atoms with E-state index in [0.717, 1.165) is 6.42 Å². The zero-order chi connectivity index (χ0) is 14.3. The fourth-order valence-electron chi connectivity index (χ4n) is 1.49. The van der Waals surface area contributed by atoms with Crippen LogP contribution in [-0.2, 0) is 9.53 Å². The van der Waals surface area contributed by atoms with E-state index in [9.17, 15) is 4.79 Å². The molecule has 0 fully saturated rings. The first kappa shape index (κ1) is 15.2. The molecule has 1 rings (SSSR count). The molecule has 0 aliphatic carbocycles. The van der Waals surface area contributed by atoms with Gasteiger partial charge >= 0.3 is 5.97 Å². The first-order valence-electron chi connectivity index (χ1n) is 6.37. The quantitative estimate of drug-likeness (QED) is 0.760. The van der Waals surface area contributed by atoms with Crippen LogP contribution in [0, 0.1) is 5.92 Å². The second-order valence-electron chi connectivity index (χ2n) is 4.48. The van der Waals surface area contributed by atoms with Gasteiger partial charge in [-0.3, -0.25) is 0 Å². The molecule has 1 aromatic rings. The molecule has 0 saturated heterocycles. The van der Waals surface area contributed by atoms with E-state index in [1.807, 2.05) is 20.8 Å². The summed E-state index contributed by atoms with van der Waals surface area (Å²) in [6.45, 7) is 6.49. The summed E-state index contributed by atoms with van der Waals surface area (Å²) in [7, 11) is 1.37. The number of nitrogens with zero attached hydrogens (tertiary/aromatic N) is 2. The highest BCUT2D eigenvalue weighted by molar-refractivity contribution is 5.79. The average Bonchev–Trinajstić information content (AvgIpc) is 2.42. The number of esters is 1. The summed E-state index contributed by atoms with van der Waals surface area (Å²) in [6.07, 6.45) is 2.31. The number of rotatable bonds is 7. The van der Waals surface area contributed by atoms with Crippen LogP contribution in [0.5, 0.6) is 5.88 Å². The van der Waals surface area contributed by atoms with Gasteiger partial charge in [0.25, 0.3) is 0 Å². The number of carbonyl (C=O) groups excluding carboxylic acids is 1. The SMILES string of the molecule is CCCOc1cc(NC(C(=O)OC)C(C)C)ncn1. The molecule has 0 bridgehead atoms. The molecule has 106 valence electrons. The highest BCUT2D eigenvalue weighted by atomic mass is 16.5. The molecule has 0 spiro atoms. The van der Waals surface area contributed by atoms with Crippen molar-refractivity contribution in [2.75, 3.05) is 19.0 Å². The Hall–Kier alpha value is -1.85. The molecule has 6 heteroatoms. The normalized spacial score (nSPS) is 12.1. The lowest BCUT2D eigenvalue weighted by Gasteiger charge is -2.20. The molecule has 0 aliphatic heterocycles. The van der Waals surface area contributed by atoms with Crippen molar-refractivity contribution in [2.45, 2.75) is 33.2 Å². The number of anilines is 1. The molecular formula is C13H21N3O3. The standard InChI is InChI=1S/C13H21N3O3/c1-5-6-19-11-7-10(14-8-15-11)16-12(9(2)3)13(17)18-4/h7-9,12H,5-6H2,1-4H3,(H,14,15,16). The summed E-state index contributed by atoms with van der Waals surface area (Å²) in [4.78, 5) is 19.7. The van der Waals surface area contributed by atoms with Gasteiger partial charge in [0.15, 0.2) is 0 Å². The number of hydrogen-bond donors (Lipinski definition) is 1. The monoisotopic (exact) mass is 267 g/mol. The minimum Gasteiger partial charge on any atom is -0.478 e. The predicted molar refractivity (Wildman–Crippen MR) is 72.1 cm³/mol. The second kappa shape index (κ2) is 7.56. The highest BCUT2D eigenvalue weighted by Gasteiger charge is 2.23. The van der Waals surface area contributed by atoms with Crippen molar-refractivity contribution in [1.82, 2.24) is 9.97 Å². The molecule has 1 N–H and O–H groups in total. The van der Waals surface area contributed by atoms with Gasteiger partial charge in [0.05, 0.1) is 13.7 Å². The van der Waals surface area contributed by atoms with Crippen LogP contribution in [0.4, 0.5) is 5.82 Å². The number of nitrogens with one attached hydrogen (secondary N) is 1. The Balaban J connectivity index is 2.76. The predicted octanol–water partition coefficient (Wildman–Crippen LogP) is 1.87. The molecule has 1 unspecified atom stereocenters. The maximum Gasteiger partial charge on any atom is 0.328 e. The lowest BCUT2D eigenvalue weighted by molar-refractivity contribution is -0.142. The van der Waals surface area contributed by atoms with Crippen LogP contribution in [0.25, 0.3) is 0 Å². The van der Waals surface area contributed by atoms with E-state index >= 15 is 0 Å². The maximum absolute atomic E-state index is 11.7. The first-order chi connectivity index (χ1) is 9.08. The van der Waals surface area contributed by atoms with Crippen LogP contribution in [0.3, 0.4) is 0 Å². The number of ether oxygens (including phenoxy) is 2. The van der Waals surface area contributed by atoms with E-state index in [0.29, 0.717) is 18.3 Å². The molecule has 1 atom stereocenters. The average molecular weight is 267 g/mol. The Morgan fingerprint density at radius 2 is 2.16 bits per heavy atom. The second-order valence-corrected chi connectivity index (χ2v) is 4.48. The summed E-state index contributed by atoms with van der Waals surface area (Å²) in [6, 6.07) is 1.23. The van der Waals surface area contributed by atoms with Crippen molar-refractivity contribution < 1.29 is 14.3 Å². The van der Waals surface area contributed by atoms with Gasteiger partial charge in [-0.2, -0.15) is 0 Å². The van der Waals surface area contributed by atoms with Crippen molar-refractivity contribution in [3.05, 3.63) is 12.4 Å². The minimum absolute atomic E-state index is 0.0856. The van der Waals surface area contributed by atoms with Gasteiger partial charge in [0.1, 0.15) is 18.2 Å². The lowest BCUT2D eigenvalue weighted by atomic mass is 10.0. The summed E-state index contributed by atoms with van der Waals surface area (Å²) in [5.74, 6) is 0.809. The van der Waals surface area contributed by atoms with Crippen LogP contribution >= 0.6 is 0 Å². The van der Waals surface area contributed by atoms with Crippen LogP contribution in [0.1, 0.15) is 27.2 Å². The molecule has 0 radical (unpaired) electrons. The molecule has 1 heterocycles. The van der Waals surface area contributed by atoms with E-state index in [2.05, 4.69) is 15.3 Å². The number of aromatic nitrogens is 2. The van der Waals surface area contributed by atoms with E-state index in [1.54, 1.807) is 6.07 Å². The summed E-state index contributed by atoms with van der Waals surface area (Å²) in [5, 5.41) is 3.04. The Morgan fingerprint density at radius 1 is 1.42 bits per heavy atom. The summed E-state index contributed by atoms with van der Waals surface area (Å²) < 4.78 is 10.2. The molecule has 0 aromatic carbocycles. The van der Waals surface area contributed by atoms with E-state index in [-0.39, 0.29) is 11.9 Å². The lowest BCUT2D eigenvalue weighted by Crippen LogP contribution is -2.35. The third-order valence-corrected chi connectivity index (χ3v) is 2.52. The third kappa shape index (κ3) is 4.73. The maximum atomic E-state index is 11.7. The molecule has 0 aliphatic rings. The van der Waals surface area contributed by atoms with Crippen LogP contribution < -0.4 is 10.1 Å². The minimum atomic E-state index is -0.445. The Labute approximate surface area is 113 Å². The van der Waals surface area contributed by atoms with Crippen LogP contribution in [0.2, 0.25) is 0 Å². The Kier molecular flexibility index (Phi) is 6.05. The number of methoxy groups -OCH3 is 1. The third-order valence-electron chi connectivity index (χ3n) is 2.52. The Bertz CT molecular complexity index is 410. The van der Waals surface area contributed by atoms with Gasteiger partial charge in [-0.05, 0) is 12.3 Å². The van der Waals surface area contributed by atoms with Crippen molar-refractivity contribution in [2.24, 2.45) is 5.92 Å². The molecular weight excluding hydrogens is 246 g/mol. The van der Waals surface area contributed by atoms with E-state index in [4.69, 9.17) is 9.47 Å². The number of hydrogen-bond acceptors (Lipinski definition) is 6. The van der Waals surface area contributed by atoms with E-state index < -0.39 is 6.04 Å². The fraction of sp³-hybridized carbons (Fsp3) is 0.615. The molecule has 0 saturated carbocycles. The van der Waals surface area contributed by atoms with Gasteiger partial charge in [-0.25, -0.2) is 14.8 Å². The molecule has 19 heavy (non-hydrogen) atoms. The van der Waals surface area contributed by atoms with Crippen LogP contribution in [0.15, 0.2) is 12.4 Å². The van der Waals surface area contributed by atoms with Gasteiger partial charge in [-0.1, -0.05) is 20.8 Å². The van der Waals surface area contributed by atoms with Crippen molar-refractivity contribution in [3.63, 3.8) is 0 Å². The van der Waals surface area contributed by atoms with Gasteiger partial charge in [0, 0.05) is 6.07 Å². The summed E-state index contributed by atoms with van der Waals surface area (Å²) in [5.41, 5.74) is 0. The largest absolute Gasteiger partial charge is 0.478 e. The van der Waals surface area contributed by atoms with Gasteiger partial charge in [0.2, 0.25) is 5.88 Å². The highest BCUT2D eigenvalue weighted by Crippen LogP contribution is 2.15. The van der Waals surface area contributed by atoms with Gasteiger partial charge < -0.3 is 14.8 Å². The smallest absolute Gasteiger partial charge is 0.328 e. The van der Waals surface area contributed by atoms with Gasteiger partial charge in [-0.15, -0.1) is 0 Å². The summed E-state index contributed by atoms with van der Waals surface area (Å²) >= 11 is 0. The first-order valence-corrected chi connectivity index (χ1v) is 6.37. The van der Waals surface area contributed by atoms with E-state index in [1.165, 1.54) is 13.4 Å². The number of carbonyl (C=O) groups is 1. The molecule has 0 amide bonds. The zero-order valence-corrected chi connectivity index (χ0v) is 11.8. The topological polar surface area (TPSA) is 73.3 Å². The van der Waals surface area contributed by atoms with Crippen molar-refractivity contribution in [1.29, 1.82) is 0 Å². The Morgan fingerprint density at radius 3 is 2.74 bits per heavy atom.